The smallest absolute Gasteiger partial charge is 0.224 e. The van der Waals surface area contributed by atoms with E-state index < -0.39 is 0 Å². The van der Waals surface area contributed by atoms with Gasteiger partial charge in [0.2, 0.25) is 5.95 Å². The zero-order chi connectivity index (χ0) is 18.9. The van der Waals surface area contributed by atoms with Crippen LogP contribution in [0.1, 0.15) is 37.3 Å². The van der Waals surface area contributed by atoms with Crippen LogP contribution in [-0.2, 0) is 6.54 Å². The topological polar surface area (TPSA) is 108 Å². The molecule has 0 atom stereocenters. The van der Waals surface area contributed by atoms with Gasteiger partial charge < -0.3 is 20.0 Å². The van der Waals surface area contributed by atoms with Crippen molar-refractivity contribution in [3.8, 4) is 11.3 Å². The van der Waals surface area contributed by atoms with E-state index in [1.165, 1.54) is 12.8 Å². The van der Waals surface area contributed by atoms with E-state index in [1.807, 2.05) is 30.7 Å². The van der Waals surface area contributed by atoms with Crippen LogP contribution < -0.4 is 11.1 Å². The van der Waals surface area contributed by atoms with Crippen molar-refractivity contribution in [2.45, 2.75) is 38.3 Å². The lowest BCUT2D eigenvalue weighted by atomic mass is 10.2. The molecule has 4 aromatic rings. The summed E-state index contributed by atoms with van der Waals surface area (Å²) in [5.41, 5.74) is 10.4. The molecule has 8 nitrogen and oxygen atoms in total. The maximum atomic E-state index is 5.97. The van der Waals surface area contributed by atoms with Gasteiger partial charge in [0, 0.05) is 24.3 Å². The summed E-state index contributed by atoms with van der Waals surface area (Å²) in [7, 11) is 0. The third kappa shape index (κ3) is 3.06. The minimum absolute atomic E-state index is 0.253. The van der Waals surface area contributed by atoms with Gasteiger partial charge in [-0.15, -0.1) is 0 Å². The molecule has 0 bridgehead atoms. The largest absolute Gasteiger partial charge is 0.472 e. The van der Waals surface area contributed by atoms with Gasteiger partial charge in [0.05, 0.1) is 24.5 Å². The van der Waals surface area contributed by atoms with Gasteiger partial charge in [0.15, 0.2) is 17.0 Å². The number of nitrogen functional groups attached to an aromatic ring is 1. The molecule has 0 unspecified atom stereocenters. The lowest BCUT2D eigenvalue weighted by molar-refractivity contribution is 0.529. The predicted molar refractivity (Wildman–Crippen MR) is 107 cm³/mol. The fourth-order valence-corrected chi connectivity index (χ4v) is 3.80. The highest BCUT2D eigenvalue weighted by Gasteiger charge is 2.21. The number of pyridine rings is 1. The molecule has 1 aliphatic carbocycles. The van der Waals surface area contributed by atoms with Crippen LogP contribution in [0.3, 0.4) is 0 Å². The van der Waals surface area contributed by atoms with Crippen LogP contribution >= 0.6 is 0 Å². The number of imidazole rings is 1. The summed E-state index contributed by atoms with van der Waals surface area (Å²) in [6.07, 6.45) is 11.8. The van der Waals surface area contributed by atoms with Crippen molar-refractivity contribution in [3.05, 3.63) is 48.8 Å². The minimum Gasteiger partial charge on any atom is -0.472 e. The van der Waals surface area contributed by atoms with Gasteiger partial charge in [-0.25, -0.2) is 4.98 Å². The van der Waals surface area contributed by atoms with E-state index in [4.69, 9.17) is 10.2 Å². The molecule has 142 valence electrons. The number of nitrogens with two attached hydrogens (primary N) is 1. The molecular formula is C20H21N7O. The molecule has 0 aliphatic heterocycles. The summed E-state index contributed by atoms with van der Waals surface area (Å²) in [5.74, 6) is 0.904. The first-order valence-electron chi connectivity index (χ1n) is 9.49. The van der Waals surface area contributed by atoms with Crippen molar-refractivity contribution in [3.63, 3.8) is 0 Å². The van der Waals surface area contributed by atoms with Crippen LogP contribution in [0.15, 0.2) is 47.7 Å². The van der Waals surface area contributed by atoms with Crippen LogP contribution in [-0.4, -0.2) is 24.5 Å². The molecule has 0 saturated heterocycles. The molecule has 1 fully saturated rings. The number of hydrogen-bond acceptors (Lipinski definition) is 7. The van der Waals surface area contributed by atoms with Crippen LogP contribution in [0.25, 0.3) is 22.4 Å². The Hall–Kier alpha value is -3.42. The highest BCUT2D eigenvalue weighted by atomic mass is 16.3. The van der Waals surface area contributed by atoms with Gasteiger partial charge in [-0.3, -0.25) is 4.98 Å². The standard InChI is InChI=1S/C20H21N7O/c21-20-25-18(17-19(26-20)27(12-24-17)15-3-1-2-4-15)23-10-13-5-6-16(22-9-13)14-7-8-28-11-14/h5-9,11-12,15H,1-4,10H2,(H3,21,23,25,26). The summed E-state index contributed by atoms with van der Waals surface area (Å²) in [6.45, 7) is 0.570. The second-order valence-corrected chi connectivity index (χ2v) is 7.11. The van der Waals surface area contributed by atoms with Crippen molar-refractivity contribution in [1.29, 1.82) is 0 Å². The molecule has 4 heterocycles. The molecule has 8 heteroatoms. The molecule has 4 aromatic heterocycles. The fourth-order valence-electron chi connectivity index (χ4n) is 3.80. The van der Waals surface area contributed by atoms with Crippen LogP contribution in [0.4, 0.5) is 11.8 Å². The van der Waals surface area contributed by atoms with Crippen molar-refractivity contribution in [2.75, 3.05) is 11.1 Å². The van der Waals surface area contributed by atoms with Gasteiger partial charge in [-0.1, -0.05) is 18.9 Å². The van der Waals surface area contributed by atoms with E-state index in [-0.39, 0.29) is 5.95 Å². The number of fused-ring (bicyclic) bond motifs is 1. The van der Waals surface area contributed by atoms with E-state index in [9.17, 15) is 0 Å². The lowest BCUT2D eigenvalue weighted by Crippen LogP contribution is -2.08. The molecule has 1 saturated carbocycles. The monoisotopic (exact) mass is 375 g/mol. The summed E-state index contributed by atoms with van der Waals surface area (Å²) in [5, 5.41) is 3.34. The number of aromatic nitrogens is 5. The van der Waals surface area contributed by atoms with Crippen molar-refractivity contribution < 1.29 is 4.42 Å². The summed E-state index contributed by atoms with van der Waals surface area (Å²) >= 11 is 0. The Kier molecular flexibility index (Phi) is 4.16. The average Bonchev–Trinajstić information content (AvgIpc) is 3.47. The van der Waals surface area contributed by atoms with Crippen LogP contribution in [0.5, 0.6) is 0 Å². The van der Waals surface area contributed by atoms with Crippen molar-refractivity contribution >= 4 is 22.9 Å². The summed E-state index contributed by atoms with van der Waals surface area (Å²) in [6, 6.07) is 6.34. The molecule has 0 spiro atoms. The lowest BCUT2D eigenvalue weighted by Gasteiger charge is -2.12. The van der Waals surface area contributed by atoms with Gasteiger partial charge in [0.25, 0.3) is 0 Å². The number of hydrogen-bond donors (Lipinski definition) is 2. The highest BCUT2D eigenvalue weighted by Crippen LogP contribution is 2.32. The Bertz CT molecular complexity index is 1080. The van der Waals surface area contributed by atoms with Crippen LogP contribution in [0.2, 0.25) is 0 Å². The molecule has 3 N–H and O–H groups in total. The third-order valence-corrected chi connectivity index (χ3v) is 5.26. The zero-order valence-corrected chi connectivity index (χ0v) is 15.4. The molecule has 28 heavy (non-hydrogen) atoms. The normalized spacial score (nSPS) is 14.7. The quantitative estimate of drug-likeness (QED) is 0.546. The summed E-state index contributed by atoms with van der Waals surface area (Å²) < 4.78 is 7.25. The number of nitrogens with zero attached hydrogens (tertiary/aromatic N) is 5. The van der Waals surface area contributed by atoms with E-state index in [2.05, 4.69) is 29.8 Å². The molecule has 0 radical (unpaired) electrons. The van der Waals surface area contributed by atoms with E-state index >= 15 is 0 Å². The first-order valence-corrected chi connectivity index (χ1v) is 9.49. The van der Waals surface area contributed by atoms with Crippen molar-refractivity contribution in [2.24, 2.45) is 0 Å². The average molecular weight is 375 g/mol. The Morgan fingerprint density at radius 3 is 2.79 bits per heavy atom. The molecule has 5 rings (SSSR count). The van der Waals surface area contributed by atoms with E-state index in [0.717, 1.165) is 40.8 Å². The molecular weight excluding hydrogens is 354 g/mol. The van der Waals surface area contributed by atoms with E-state index in [0.29, 0.717) is 18.4 Å². The SMILES string of the molecule is Nc1nc(NCc2ccc(-c3ccoc3)nc2)c2ncn(C3CCCC3)c2n1. The Morgan fingerprint density at radius 2 is 2.04 bits per heavy atom. The van der Waals surface area contributed by atoms with Crippen LogP contribution in [0, 0.1) is 0 Å². The summed E-state index contributed by atoms with van der Waals surface area (Å²) in [4.78, 5) is 17.9. The minimum atomic E-state index is 0.253. The Morgan fingerprint density at radius 1 is 1.14 bits per heavy atom. The number of rotatable bonds is 5. The second-order valence-electron chi connectivity index (χ2n) is 7.11. The second kappa shape index (κ2) is 6.95. The van der Waals surface area contributed by atoms with Gasteiger partial charge in [-0.2, -0.15) is 9.97 Å². The van der Waals surface area contributed by atoms with Gasteiger partial charge in [-0.05, 0) is 30.5 Å². The maximum absolute atomic E-state index is 5.97. The predicted octanol–water partition coefficient (Wildman–Crippen LogP) is 3.79. The first kappa shape index (κ1) is 16.7. The number of furan rings is 1. The van der Waals surface area contributed by atoms with E-state index in [1.54, 1.807) is 12.5 Å². The van der Waals surface area contributed by atoms with Gasteiger partial charge >= 0.3 is 0 Å². The van der Waals surface area contributed by atoms with Gasteiger partial charge in [0.1, 0.15) is 0 Å². The fraction of sp³-hybridized carbons (Fsp3) is 0.300. The first-order chi connectivity index (χ1) is 13.8. The molecule has 0 aromatic carbocycles. The number of anilines is 2. The Labute approximate surface area is 161 Å². The molecule has 1 aliphatic rings. The zero-order valence-electron chi connectivity index (χ0n) is 15.4. The highest BCUT2D eigenvalue weighted by molar-refractivity contribution is 5.84. The maximum Gasteiger partial charge on any atom is 0.224 e. The Balaban J connectivity index is 1.37. The molecule has 0 amide bonds. The van der Waals surface area contributed by atoms with Crippen molar-refractivity contribution in [1.82, 2.24) is 24.5 Å². The number of nitrogens with one attached hydrogen (secondary N) is 1. The third-order valence-electron chi connectivity index (χ3n) is 5.26.